The highest BCUT2D eigenvalue weighted by molar-refractivity contribution is 7.18. The quantitative estimate of drug-likeness (QED) is 0.467. The molecule has 0 unspecified atom stereocenters. The molecule has 0 fully saturated rings. The van der Waals surface area contributed by atoms with Crippen molar-refractivity contribution >= 4 is 44.5 Å². The molecule has 5 rings (SSSR count). The van der Waals surface area contributed by atoms with Crippen molar-refractivity contribution in [3.63, 3.8) is 0 Å². The van der Waals surface area contributed by atoms with Crippen molar-refractivity contribution in [2.75, 3.05) is 0 Å². The standard InChI is InChI=1S/C23H20N2OS/c26-22-21-18-8-2-1-3-9-19(18)27-23(21)25-20(24-22)13-11-15-10-12-16-6-4-5-7-17(16)14-15/h4-7,10-14H,1-3,8-9H2,(H,24,25,26)/b13-11+. The first kappa shape index (κ1) is 16.5. The predicted octanol–water partition coefficient (Wildman–Crippen LogP) is 5.58. The summed E-state index contributed by atoms with van der Waals surface area (Å²) >= 11 is 1.70. The smallest absolute Gasteiger partial charge is 0.260 e. The minimum Gasteiger partial charge on any atom is -0.306 e. The van der Waals surface area contributed by atoms with Gasteiger partial charge in [-0.3, -0.25) is 4.79 Å². The average Bonchev–Trinajstić information content (AvgIpc) is 2.88. The molecule has 0 saturated carbocycles. The molecule has 2 aromatic carbocycles. The summed E-state index contributed by atoms with van der Waals surface area (Å²) in [6, 6.07) is 14.7. The van der Waals surface area contributed by atoms with Gasteiger partial charge in [-0.15, -0.1) is 11.3 Å². The first-order valence-electron chi connectivity index (χ1n) is 9.49. The Morgan fingerprint density at radius 1 is 0.963 bits per heavy atom. The number of aryl methyl sites for hydroxylation is 2. The summed E-state index contributed by atoms with van der Waals surface area (Å²) in [5, 5.41) is 3.25. The predicted molar refractivity (Wildman–Crippen MR) is 114 cm³/mol. The second-order valence-electron chi connectivity index (χ2n) is 7.14. The highest BCUT2D eigenvalue weighted by atomic mass is 32.1. The van der Waals surface area contributed by atoms with Gasteiger partial charge in [-0.2, -0.15) is 0 Å². The third-order valence-corrected chi connectivity index (χ3v) is 6.49. The van der Waals surface area contributed by atoms with Gasteiger partial charge in [-0.1, -0.05) is 48.9 Å². The van der Waals surface area contributed by atoms with E-state index in [1.54, 1.807) is 11.3 Å². The van der Waals surface area contributed by atoms with Gasteiger partial charge in [0.1, 0.15) is 10.7 Å². The fourth-order valence-corrected chi connectivity index (χ4v) is 5.19. The summed E-state index contributed by atoms with van der Waals surface area (Å²) in [6.45, 7) is 0. The molecular weight excluding hydrogens is 352 g/mol. The summed E-state index contributed by atoms with van der Waals surface area (Å²) < 4.78 is 0. The Bertz CT molecular complexity index is 1230. The molecule has 0 aliphatic heterocycles. The van der Waals surface area contributed by atoms with Gasteiger partial charge in [0.2, 0.25) is 0 Å². The van der Waals surface area contributed by atoms with E-state index in [0.29, 0.717) is 5.82 Å². The normalized spacial score (nSPS) is 14.7. The highest BCUT2D eigenvalue weighted by Crippen LogP contribution is 2.32. The summed E-state index contributed by atoms with van der Waals surface area (Å²) in [4.78, 5) is 22.6. The molecule has 1 aliphatic rings. The lowest BCUT2D eigenvalue weighted by atomic mass is 10.1. The number of thiophene rings is 1. The van der Waals surface area contributed by atoms with Crippen LogP contribution in [0.2, 0.25) is 0 Å². The molecule has 0 spiro atoms. The highest BCUT2D eigenvalue weighted by Gasteiger charge is 2.18. The van der Waals surface area contributed by atoms with Gasteiger partial charge in [0.25, 0.3) is 5.56 Å². The van der Waals surface area contributed by atoms with E-state index in [2.05, 4.69) is 35.3 Å². The van der Waals surface area contributed by atoms with E-state index in [9.17, 15) is 4.79 Å². The molecule has 1 aliphatic carbocycles. The molecule has 3 nitrogen and oxygen atoms in total. The number of fused-ring (bicyclic) bond motifs is 4. The van der Waals surface area contributed by atoms with Gasteiger partial charge in [0, 0.05) is 4.88 Å². The second-order valence-corrected chi connectivity index (χ2v) is 8.22. The van der Waals surface area contributed by atoms with Crippen LogP contribution in [0.5, 0.6) is 0 Å². The van der Waals surface area contributed by atoms with Crippen LogP contribution in [0.15, 0.2) is 47.3 Å². The number of benzene rings is 2. The molecule has 0 bridgehead atoms. The van der Waals surface area contributed by atoms with Crippen molar-refractivity contribution in [3.05, 3.63) is 74.6 Å². The zero-order valence-electron chi connectivity index (χ0n) is 15.0. The molecule has 0 atom stereocenters. The van der Waals surface area contributed by atoms with Crippen molar-refractivity contribution in [3.8, 4) is 0 Å². The van der Waals surface area contributed by atoms with Crippen LogP contribution in [0.3, 0.4) is 0 Å². The Morgan fingerprint density at radius 3 is 2.74 bits per heavy atom. The van der Waals surface area contributed by atoms with Crippen LogP contribution in [-0.4, -0.2) is 9.97 Å². The van der Waals surface area contributed by atoms with Crippen LogP contribution in [-0.2, 0) is 12.8 Å². The van der Waals surface area contributed by atoms with Gasteiger partial charge in [-0.25, -0.2) is 4.98 Å². The molecule has 4 heteroatoms. The zero-order valence-corrected chi connectivity index (χ0v) is 15.8. The Labute approximate surface area is 161 Å². The lowest BCUT2D eigenvalue weighted by Crippen LogP contribution is -2.10. The van der Waals surface area contributed by atoms with Crippen LogP contribution in [0.1, 0.15) is 41.1 Å². The molecule has 1 N–H and O–H groups in total. The maximum absolute atomic E-state index is 12.7. The van der Waals surface area contributed by atoms with Crippen LogP contribution in [0, 0.1) is 0 Å². The van der Waals surface area contributed by atoms with E-state index < -0.39 is 0 Å². The lowest BCUT2D eigenvalue weighted by molar-refractivity contribution is 0.713. The molecule has 2 heterocycles. The van der Waals surface area contributed by atoms with Gasteiger partial charge in [-0.05, 0) is 59.7 Å². The van der Waals surface area contributed by atoms with E-state index in [1.165, 1.54) is 40.5 Å². The molecule has 2 aromatic heterocycles. The fraction of sp³-hybridized carbons (Fsp3) is 0.217. The Hall–Kier alpha value is -2.72. The largest absolute Gasteiger partial charge is 0.306 e. The third-order valence-electron chi connectivity index (χ3n) is 5.30. The molecule has 0 radical (unpaired) electrons. The van der Waals surface area contributed by atoms with Crippen molar-refractivity contribution in [1.82, 2.24) is 9.97 Å². The van der Waals surface area contributed by atoms with E-state index in [4.69, 9.17) is 4.98 Å². The Morgan fingerprint density at radius 2 is 1.81 bits per heavy atom. The van der Waals surface area contributed by atoms with E-state index in [-0.39, 0.29) is 5.56 Å². The van der Waals surface area contributed by atoms with Crippen molar-refractivity contribution in [2.45, 2.75) is 32.1 Å². The van der Waals surface area contributed by atoms with Crippen molar-refractivity contribution < 1.29 is 0 Å². The molecule has 0 saturated heterocycles. The number of H-pyrrole nitrogens is 1. The number of rotatable bonds is 2. The van der Waals surface area contributed by atoms with Gasteiger partial charge >= 0.3 is 0 Å². The monoisotopic (exact) mass is 372 g/mol. The second kappa shape index (κ2) is 6.78. The summed E-state index contributed by atoms with van der Waals surface area (Å²) in [6.07, 6.45) is 9.63. The van der Waals surface area contributed by atoms with Gasteiger partial charge in [0.15, 0.2) is 0 Å². The Balaban J connectivity index is 1.53. The Kier molecular flexibility index (Phi) is 4.13. The third kappa shape index (κ3) is 3.10. The molecule has 134 valence electrons. The summed E-state index contributed by atoms with van der Waals surface area (Å²) in [7, 11) is 0. The first-order chi connectivity index (χ1) is 13.3. The number of hydrogen-bond acceptors (Lipinski definition) is 3. The van der Waals surface area contributed by atoms with E-state index in [0.717, 1.165) is 28.6 Å². The number of nitrogens with zero attached hydrogens (tertiary/aromatic N) is 1. The molecular formula is C23H20N2OS. The maximum Gasteiger partial charge on any atom is 0.260 e. The van der Waals surface area contributed by atoms with Crippen LogP contribution < -0.4 is 5.56 Å². The number of aromatic amines is 1. The van der Waals surface area contributed by atoms with E-state index in [1.807, 2.05) is 24.3 Å². The minimum absolute atomic E-state index is 0.00226. The van der Waals surface area contributed by atoms with Crippen LogP contribution in [0.25, 0.3) is 33.1 Å². The topological polar surface area (TPSA) is 45.8 Å². The SMILES string of the molecule is O=c1[nH]c(/C=C/c2ccc3ccccc3c2)nc2sc3c(c12)CCCCC3. The van der Waals surface area contributed by atoms with E-state index >= 15 is 0 Å². The maximum atomic E-state index is 12.7. The van der Waals surface area contributed by atoms with Crippen LogP contribution in [0.4, 0.5) is 0 Å². The van der Waals surface area contributed by atoms with Crippen molar-refractivity contribution in [2.24, 2.45) is 0 Å². The zero-order chi connectivity index (χ0) is 18.2. The number of nitrogens with one attached hydrogen (secondary N) is 1. The first-order valence-corrected chi connectivity index (χ1v) is 10.3. The summed E-state index contributed by atoms with van der Waals surface area (Å²) in [5.41, 5.74) is 2.34. The lowest BCUT2D eigenvalue weighted by Gasteiger charge is -2.00. The molecule has 27 heavy (non-hydrogen) atoms. The van der Waals surface area contributed by atoms with Crippen LogP contribution >= 0.6 is 11.3 Å². The molecule has 0 amide bonds. The van der Waals surface area contributed by atoms with Crippen molar-refractivity contribution in [1.29, 1.82) is 0 Å². The van der Waals surface area contributed by atoms with Gasteiger partial charge < -0.3 is 4.98 Å². The summed E-state index contributed by atoms with van der Waals surface area (Å²) in [5.74, 6) is 0.622. The minimum atomic E-state index is -0.00226. The molecule has 4 aromatic rings. The van der Waals surface area contributed by atoms with Gasteiger partial charge in [0.05, 0.1) is 5.39 Å². The average molecular weight is 372 g/mol. The number of hydrogen-bond donors (Lipinski definition) is 1. The fourth-order valence-electron chi connectivity index (χ4n) is 3.92. The number of aromatic nitrogens is 2.